The van der Waals surface area contributed by atoms with Crippen LogP contribution in [-0.2, 0) is 6.54 Å². The first-order chi connectivity index (χ1) is 12.3. The second-order valence-electron chi connectivity index (χ2n) is 5.73. The predicted molar refractivity (Wildman–Crippen MR) is 94.3 cm³/mol. The molecule has 0 radical (unpaired) electrons. The van der Waals surface area contributed by atoms with Gasteiger partial charge in [-0.2, -0.15) is 10.2 Å². The minimum Gasteiger partial charge on any atom is -0.337 e. The van der Waals surface area contributed by atoms with E-state index in [0.29, 0.717) is 17.3 Å². The Labute approximate surface area is 149 Å². The van der Waals surface area contributed by atoms with E-state index < -0.39 is 0 Å². The van der Waals surface area contributed by atoms with E-state index >= 15 is 0 Å². The van der Waals surface area contributed by atoms with Gasteiger partial charge in [0.15, 0.2) is 0 Å². The summed E-state index contributed by atoms with van der Waals surface area (Å²) in [6.07, 6.45) is 1.81. The van der Waals surface area contributed by atoms with Crippen molar-refractivity contribution in [2.75, 3.05) is 11.6 Å². The Morgan fingerprint density at radius 3 is 3.08 bits per heavy atom. The summed E-state index contributed by atoms with van der Waals surface area (Å²) in [7, 11) is 0. The highest BCUT2D eigenvalue weighted by atomic mass is 32.2. The molecule has 2 aromatic heterocycles. The van der Waals surface area contributed by atoms with Crippen LogP contribution in [-0.4, -0.2) is 31.7 Å². The fourth-order valence-corrected chi connectivity index (χ4v) is 3.96. The first kappa shape index (κ1) is 15.8. The van der Waals surface area contributed by atoms with Gasteiger partial charge in [0.25, 0.3) is 0 Å². The lowest BCUT2D eigenvalue weighted by atomic mass is 10.1. The smallest absolute Gasteiger partial charge is 0.245 e. The highest BCUT2D eigenvalue weighted by Crippen LogP contribution is 2.34. The van der Waals surface area contributed by atoms with Crippen LogP contribution in [0.15, 0.2) is 53.2 Å². The van der Waals surface area contributed by atoms with Gasteiger partial charge in [-0.3, -0.25) is 9.88 Å². The molecule has 0 amide bonds. The van der Waals surface area contributed by atoms with Crippen LogP contribution in [0.2, 0.25) is 0 Å². The molecule has 0 unspecified atom stereocenters. The zero-order valence-corrected chi connectivity index (χ0v) is 14.2. The molecule has 0 bridgehead atoms. The SMILES string of the molecule is N#Cc1cccc(-c2noc([C@H]3CSCN3Cc3ccccn3)n2)c1. The van der Waals surface area contributed by atoms with E-state index in [-0.39, 0.29) is 6.04 Å². The fourth-order valence-electron chi connectivity index (χ4n) is 2.78. The summed E-state index contributed by atoms with van der Waals surface area (Å²) in [6.45, 7) is 0.750. The summed E-state index contributed by atoms with van der Waals surface area (Å²) in [6, 6.07) is 15.4. The molecule has 3 aromatic rings. The topological polar surface area (TPSA) is 78.8 Å². The van der Waals surface area contributed by atoms with Gasteiger partial charge in [0.1, 0.15) is 0 Å². The molecule has 1 atom stereocenters. The molecule has 25 heavy (non-hydrogen) atoms. The van der Waals surface area contributed by atoms with Crippen LogP contribution < -0.4 is 0 Å². The lowest BCUT2D eigenvalue weighted by molar-refractivity contribution is 0.208. The van der Waals surface area contributed by atoms with E-state index in [4.69, 9.17) is 9.78 Å². The molecule has 1 fully saturated rings. The van der Waals surface area contributed by atoms with Crippen LogP contribution in [0.4, 0.5) is 0 Å². The Kier molecular flexibility index (Phi) is 4.46. The lowest BCUT2D eigenvalue weighted by Crippen LogP contribution is -2.24. The summed E-state index contributed by atoms with van der Waals surface area (Å²) < 4.78 is 5.53. The van der Waals surface area contributed by atoms with Gasteiger partial charge in [-0.1, -0.05) is 23.4 Å². The molecule has 1 saturated heterocycles. The van der Waals surface area contributed by atoms with Crippen LogP contribution in [0, 0.1) is 11.3 Å². The maximum absolute atomic E-state index is 9.03. The third kappa shape index (κ3) is 3.40. The highest BCUT2D eigenvalue weighted by Gasteiger charge is 2.31. The van der Waals surface area contributed by atoms with Gasteiger partial charge in [0.05, 0.1) is 23.4 Å². The number of hydrogen-bond acceptors (Lipinski definition) is 7. The predicted octanol–water partition coefficient (Wildman–Crippen LogP) is 3.25. The molecule has 1 aliphatic heterocycles. The van der Waals surface area contributed by atoms with E-state index in [1.54, 1.807) is 18.3 Å². The Morgan fingerprint density at radius 2 is 2.24 bits per heavy atom. The number of pyridine rings is 1. The van der Waals surface area contributed by atoms with E-state index in [2.05, 4.69) is 26.1 Å². The number of hydrogen-bond donors (Lipinski definition) is 0. The third-order valence-corrected chi connectivity index (χ3v) is 5.11. The normalized spacial score (nSPS) is 17.5. The van der Waals surface area contributed by atoms with Crippen molar-refractivity contribution >= 4 is 11.8 Å². The highest BCUT2D eigenvalue weighted by molar-refractivity contribution is 7.99. The lowest BCUT2D eigenvalue weighted by Gasteiger charge is -2.19. The van der Waals surface area contributed by atoms with Crippen LogP contribution >= 0.6 is 11.8 Å². The minimum absolute atomic E-state index is 0.0763. The van der Waals surface area contributed by atoms with Crippen molar-refractivity contribution in [3.05, 3.63) is 65.8 Å². The molecule has 0 saturated carbocycles. The maximum Gasteiger partial charge on any atom is 0.245 e. The van der Waals surface area contributed by atoms with Crippen molar-refractivity contribution in [2.24, 2.45) is 0 Å². The first-order valence-corrected chi connectivity index (χ1v) is 9.05. The number of thioether (sulfide) groups is 1. The minimum atomic E-state index is 0.0763. The van der Waals surface area contributed by atoms with Crippen molar-refractivity contribution in [2.45, 2.75) is 12.6 Å². The first-order valence-electron chi connectivity index (χ1n) is 7.89. The summed E-state index contributed by atoms with van der Waals surface area (Å²) in [4.78, 5) is 11.2. The van der Waals surface area contributed by atoms with Gasteiger partial charge in [-0.15, -0.1) is 11.8 Å². The Morgan fingerprint density at radius 1 is 1.28 bits per heavy atom. The summed E-state index contributed by atoms with van der Waals surface area (Å²) in [5.74, 6) is 2.94. The van der Waals surface area contributed by atoms with E-state index in [0.717, 1.165) is 29.4 Å². The maximum atomic E-state index is 9.03. The zero-order valence-electron chi connectivity index (χ0n) is 13.4. The third-order valence-electron chi connectivity index (χ3n) is 4.04. The molecule has 7 heteroatoms. The summed E-state index contributed by atoms with van der Waals surface area (Å²) in [5.41, 5.74) is 2.39. The van der Waals surface area contributed by atoms with Crippen molar-refractivity contribution in [1.82, 2.24) is 20.0 Å². The zero-order chi connectivity index (χ0) is 17.1. The molecule has 4 rings (SSSR count). The van der Waals surface area contributed by atoms with Crippen LogP contribution in [0.1, 0.15) is 23.2 Å². The molecule has 0 spiro atoms. The molecule has 1 aromatic carbocycles. The van der Waals surface area contributed by atoms with Crippen LogP contribution in [0.3, 0.4) is 0 Å². The molecule has 124 valence electrons. The van der Waals surface area contributed by atoms with Crippen molar-refractivity contribution in [1.29, 1.82) is 5.26 Å². The molecule has 3 heterocycles. The van der Waals surface area contributed by atoms with Gasteiger partial charge < -0.3 is 4.52 Å². The van der Waals surface area contributed by atoms with Gasteiger partial charge >= 0.3 is 0 Å². The number of aromatic nitrogens is 3. The van der Waals surface area contributed by atoms with E-state index in [9.17, 15) is 0 Å². The van der Waals surface area contributed by atoms with Gasteiger partial charge in [-0.05, 0) is 24.3 Å². The second-order valence-corrected chi connectivity index (χ2v) is 6.73. The second kappa shape index (κ2) is 7.05. The average Bonchev–Trinajstić information content (AvgIpc) is 3.32. The van der Waals surface area contributed by atoms with Crippen LogP contribution in [0.5, 0.6) is 0 Å². The fraction of sp³-hybridized carbons (Fsp3) is 0.222. The summed E-state index contributed by atoms with van der Waals surface area (Å²) in [5, 5.41) is 13.1. The number of nitriles is 1. The Balaban J connectivity index is 1.55. The van der Waals surface area contributed by atoms with Crippen molar-refractivity contribution < 1.29 is 4.52 Å². The standard InChI is InChI=1S/C18H15N5OS/c19-9-13-4-3-5-14(8-13)17-21-18(24-22-17)16-11-25-12-23(16)10-15-6-1-2-7-20-15/h1-8,16H,10-12H2/t16-/m1/s1. The summed E-state index contributed by atoms with van der Waals surface area (Å²) >= 11 is 1.84. The quantitative estimate of drug-likeness (QED) is 0.715. The van der Waals surface area contributed by atoms with Crippen molar-refractivity contribution in [3.63, 3.8) is 0 Å². The molecular weight excluding hydrogens is 334 g/mol. The van der Waals surface area contributed by atoms with Gasteiger partial charge in [0.2, 0.25) is 11.7 Å². The largest absolute Gasteiger partial charge is 0.337 e. The molecular formula is C18H15N5OS. The average molecular weight is 349 g/mol. The molecule has 6 nitrogen and oxygen atoms in total. The molecule has 0 N–H and O–H groups in total. The Hall–Kier alpha value is -2.69. The van der Waals surface area contributed by atoms with E-state index in [1.165, 1.54) is 0 Å². The molecule has 0 aliphatic carbocycles. The van der Waals surface area contributed by atoms with E-state index in [1.807, 2.05) is 42.1 Å². The van der Waals surface area contributed by atoms with Crippen molar-refractivity contribution in [3.8, 4) is 17.5 Å². The number of nitrogens with zero attached hydrogens (tertiary/aromatic N) is 5. The number of rotatable bonds is 4. The number of benzene rings is 1. The van der Waals surface area contributed by atoms with Gasteiger partial charge in [0, 0.05) is 29.9 Å². The monoisotopic (exact) mass is 349 g/mol. The van der Waals surface area contributed by atoms with Crippen LogP contribution in [0.25, 0.3) is 11.4 Å². The Bertz CT molecular complexity index is 905. The molecule has 1 aliphatic rings. The van der Waals surface area contributed by atoms with Gasteiger partial charge in [-0.25, -0.2) is 0 Å².